The Morgan fingerprint density at radius 1 is 1.17 bits per heavy atom. The van der Waals surface area contributed by atoms with Gasteiger partial charge in [-0.25, -0.2) is 0 Å². The fourth-order valence-corrected chi connectivity index (χ4v) is 8.23. The maximum absolute atomic E-state index is 11.1. The molecule has 0 radical (unpaired) electrons. The van der Waals surface area contributed by atoms with Gasteiger partial charge in [0.2, 0.25) is 0 Å². The predicted octanol–water partition coefficient (Wildman–Crippen LogP) is 4.56. The molecule has 0 atom stereocenters. The van der Waals surface area contributed by atoms with Gasteiger partial charge in [-0.3, -0.25) is 0 Å². The first-order valence-corrected chi connectivity index (χ1v) is 14.6. The first kappa shape index (κ1) is 26.3. The van der Waals surface area contributed by atoms with E-state index in [-0.39, 0.29) is 27.2 Å². The summed E-state index contributed by atoms with van der Waals surface area (Å²) in [6.45, 7) is 5.47. The number of rotatable bonds is 11. The van der Waals surface area contributed by atoms with Crippen molar-refractivity contribution in [1.82, 2.24) is 0 Å². The molecule has 4 aliphatic rings. The Morgan fingerprint density at radius 2 is 1.86 bits per heavy atom. The van der Waals surface area contributed by atoms with Gasteiger partial charge < -0.3 is 0 Å². The molecular weight excluding hydrogens is 507 g/mol. The Morgan fingerprint density at radius 3 is 2.46 bits per heavy atom. The van der Waals surface area contributed by atoms with Gasteiger partial charge in [0.05, 0.1) is 0 Å². The van der Waals surface area contributed by atoms with E-state index in [4.69, 9.17) is 19.3 Å². The van der Waals surface area contributed by atoms with Gasteiger partial charge in [-0.2, -0.15) is 0 Å². The van der Waals surface area contributed by atoms with Crippen LogP contribution in [-0.4, -0.2) is 53.1 Å². The molecule has 6 heteroatoms. The summed E-state index contributed by atoms with van der Waals surface area (Å²) in [5.74, 6) is 5.73. The van der Waals surface area contributed by atoms with Crippen molar-refractivity contribution in [3.63, 3.8) is 0 Å². The van der Waals surface area contributed by atoms with Gasteiger partial charge in [0.1, 0.15) is 0 Å². The number of methoxy groups -OCH3 is 1. The van der Waals surface area contributed by atoms with Crippen molar-refractivity contribution in [3.8, 4) is 16.5 Å². The van der Waals surface area contributed by atoms with Crippen LogP contribution in [0.3, 0.4) is 0 Å². The van der Waals surface area contributed by atoms with Crippen LogP contribution < -0.4 is 9.20 Å². The average Bonchev–Trinajstić information content (AvgIpc) is 2.79. The number of allylic oxidation sites excluding steroid dienone is 1. The van der Waals surface area contributed by atoms with Gasteiger partial charge in [-0.1, -0.05) is 0 Å². The molecule has 0 amide bonds. The zero-order valence-corrected chi connectivity index (χ0v) is 22.9. The van der Waals surface area contributed by atoms with Crippen molar-refractivity contribution in [1.29, 1.82) is 0 Å². The molecule has 1 N–H and O–H groups in total. The van der Waals surface area contributed by atoms with E-state index in [1.807, 2.05) is 6.92 Å². The molecule has 4 aliphatic carbocycles. The standard InChI is InChI=1S/C29H38O5Se/c1-4-5-21(14-28(30)31)6-9-35-27-15-25(26(10-20(27)2)34-19-33-8-7-32-3)29-16-22-11-23(17-29)13-24(12-22)18-29/h10,14-15,22-24H,4-5,7-8,11-13,16-19H2,1-3H3,(H,30,31)/b21-14+. The van der Waals surface area contributed by atoms with Crippen molar-refractivity contribution < 1.29 is 24.1 Å². The second-order valence-corrected chi connectivity index (χ2v) is 12.3. The summed E-state index contributed by atoms with van der Waals surface area (Å²) in [6.07, 6.45) is 10.8. The van der Waals surface area contributed by atoms with Gasteiger partial charge in [-0.15, -0.1) is 0 Å². The second-order valence-electron chi connectivity index (χ2n) is 10.6. The summed E-state index contributed by atoms with van der Waals surface area (Å²) in [6, 6.07) is 4.56. The zero-order chi connectivity index (χ0) is 24.8. The summed E-state index contributed by atoms with van der Waals surface area (Å²) in [4.78, 5) is 14.5. The number of carbonyl (C=O) groups is 1. The molecule has 0 unspecified atom stereocenters. The van der Waals surface area contributed by atoms with E-state index >= 15 is 0 Å². The molecule has 190 valence electrons. The van der Waals surface area contributed by atoms with Gasteiger partial charge >= 0.3 is 216 Å². The molecule has 5 rings (SSSR count). The van der Waals surface area contributed by atoms with Crippen LogP contribution in [0.2, 0.25) is 0 Å². The van der Waals surface area contributed by atoms with E-state index in [0.29, 0.717) is 25.2 Å². The average molecular weight is 546 g/mol. The third-order valence-corrected chi connectivity index (χ3v) is 9.62. The molecule has 1 aromatic rings. The molecule has 0 heterocycles. The molecule has 4 fully saturated rings. The van der Waals surface area contributed by atoms with Crippen LogP contribution in [0.15, 0.2) is 23.8 Å². The number of carboxylic acids is 1. The van der Waals surface area contributed by atoms with Crippen LogP contribution in [0.1, 0.15) is 69.4 Å². The Hall–Kier alpha value is -1.77. The van der Waals surface area contributed by atoms with Crippen LogP contribution in [-0.2, 0) is 19.7 Å². The molecule has 0 saturated heterocycles. The Labute approximate surface area is 216 Å². The summed E-state index contributed by atoms with van der Waals surface area (Å²) < 4.78 is 18.2. The monoisotopic (exact) mass is 546 g/mol. The van der Waals surface area contributed by atoms with E-state index in [1.165, 1.54) is 60.2 Å². The first-order valence-electron chi connectivity index (χ1n) is 12.9. The van der Waals surface area contributed by atoms with Crippen molar-refractivity contribution in [2.75, 3.05) is 27.1 Å². The third kappa shape index (κ3) is 6.52. The molecule has 0 aliphatic heterocycles. The second kappa shape index (κ2) is 12.0. The number of hydrogen-bond donors (Lipinski definition) is 1. The van der Waals surface area contributed by atoms with Gasteiger partial charge in [0.15, 0.2) is 0 Å². The summed E-state index contributed by atoms with van der Waals surface area (Å²) in [5, 5.41) is 9.14. The Kier molecular flexibility index (Phi) is 9.00. The number of carboxylic acid groups (broad SMARTS) is 1. The van der Waals surface area contributed by atoms with Crippen LogP contribution in [0.5, 0.6) is 5.75 Å². The Bertz CT molecular complexity index is 967. The van der Waals surface area contributed by atoms with Gasteiger partial charge in [-0.05, 0) is 0 Å². The molecule has 35 heavy (non-hydrogen) atoms. The summed E-state index contributed by atoms with van der Waals surface area (Å²) in [5.41, 5.74) is 3.44. The fraction of sp³-hybridized carbons (Fsp3) is 0.621. The zero-order valence-electron chi connectivity index (χ0n) is 21.2. The van der Waals surface area contributed by atoms with E-state index in [0.717, 1.165) is 29.9 Å². The number of aryl methyl sites for hydroxylation is 1. The molecule has 4 bridgehead atoms. The summed E-state index contributed by atoms with van der Waals surface area (Å²) >= 11 is -0.0556. The molecule has 0 spiro atoms. The van der Waals surface area contributed by atoms with Gasteiger partial charge in [0, 0.05) is 0 Å². The number of benzene rings is 1. The maximum atomic E-state index is 11.1. The fourth-order valence-electron chi connectivity index (χ4n) is 6.79. The number of ether oxygens (including phenoxy) is 3. The molecule has 0 aromatic heterocycles. The third-order valence-electron chi connectivity index (χ3n) is 7.81. The quantitative estimate of drug-likeness (QED) is 0.145. The predicted molar refractivity (Wildman–Crippen MR) is 138 cm³/mol. The van der Waals surface area contributed by atoms with Crippen LogP contribution >= 0.6 is 0 Å². The molecular formula is C29H38O5Se. The minimum absolute atomic E-state index is 0.0556. The first-order chi connectivity index (χ1) is 16.9. The molecule has 4 saturated carbocycles. The van der Waals surface area contributed by atoms with Crippen LogP contribution in [0.4, 0.5) is 0 Å². The van der Waals surface area contributed by atoms with Crippen LogP contribution in [0.25, 0.3) is 0 Å². The van der Waals surface area contributed by atoms with E-state index in [2.05, 4.69) is 29.8 Å². The SMILES string of the molecule is CCC/C(C#C[Se]c1cc(C23CC4CC(CC(C4)C2)C3)c(OCOCCOC)cc1C)=C\C(=O)O. The topological polar surface area (TPSA) is 65.0 Å². The summed E-state index contributed by atoms with van der Waals surface area (Å²) in [7, 11) is 1.67. The number of hydrogen-bond acceptors (Lipinski definition) is 4. The Balaban J connectivity index is 1.61. The molecule has 1 aromatic carbocycles. The van der Waals surface area contributed by atoms with Crippen molar-refractivity contribution >= 4 is 25.4 Å². The van der Waals surface area contributed by atoms with Crippen molar-refractivity contribution in [2.45, 2.75) is 70.6 Å². The normalized spacial score (nSPS) is 26.9. The van der Waals surface area contributed by atoms with E-state index in [1.54, 1.807) is 7.11 Å². The number of aliphatic carboxylic acids is 1. The van der Waals surface area contributed by atoms with E-state index in [9.17, 15) is 4.79 Å². The minimum atomic E-state index is -0.926. The molecule has 5 nitrogen and oxygen atoms in total. The van der Waals surface area contributed by atoms with Gasteiger partial charge in [0.25, 0.3) is 0 Å². The van der Waals surface area contributed by atoms with Crippen molar-refractivity contribution in [2.24, 2.45) is 17.8 Å². The van der Waals surface area contributed by atoms with Crippen molar-refractivity contribution in [3.05, 3.63) is 34.9 Å². The van der Waals surface area contributed by atoms with Crippen LogP contribution in [0, 0.1) is 35.4 Å². The van der Waals surface area contributed by atoms with E-state index < -0.39 is 5.97 Å².